The van der Waals surface area contributed by atoms with Crippen LogP contribution in [0.5, 0.6) is 5.75 Å². The van der Waals surface area contributed by atoms with Crippen molar-refractivity contribution in [2.24, 2.45) is 0 Å². The first-order chi connectivity index (χ1) is 13.8. The van der Waals surface area contributed by atoms with E-state index in [-0.39, 0.29) is 0 Å². The normalized spacial score (nSPS) is 13.5. The molecular formula is C23H26N4O. The van der Waals surface area contributed by atoms with Crippen LogP contribution in [-0.4, -0.2) is 36.7 Å². The quantitative estimate of drug-likeness (QED) is 0.664. The first-order valence-electron chi connectivity index (χ1n) is 9.89. The number of aromatic nitrogens is 2. The van der Waals surface area contributed by atoms with Crippen molar-refractivity contribution in [2.75, 3.05) is 37.0 Å². The fourth-order valence-electron chi connectivity index (χ4n) is 3.60. The first-order valence-corrected chi connectivity index (χ1v) is 9.89. The van der Waals surface area contributed by atoms with Crippen LogP contribution >= 0.6 is 0 Å². The van der Waals surface area contributed by atoms with E-state index in [1.54, 1.807) is 7.11 Å². The Morgan fingerprint density at radius 2 is 1.71 bits per heavy atom. The van der Waals surface area contributed by atoms with Crippen LogP contribution in [0.25, 0.3) is 11.3 Å². The lowest BCUT2D eigenvalue weighted by molar-refractivity contribution is 0.410. The topological polar surface area (TPSA) is 50.3 Å². The van der Waals surface area contributed by atoms with Crippen molar-refractivity contribution in [1.82, 2.24) is 9.97 Å². The predicted molar refractivity (Wildman–Crippen MR) is 114 cm³/mol. The van der Waals surface area contributed by atoms with Gasteiger partial charge in [-0.2, -0.15) is 4.98 Å². The summed E-state index contributed by atoms with van der Waals surface area (Å²) in [7, 11) is 1.71. The number of para-hydroxylation sites is 1. The number of rotatable bonds is 7. The summed E-state index contributed by atoms with van der Waals surface area (Å²) < 4.78 is 5.45. The maximum atomic E-state index is 5.45. The minimum atomic E-state index is 0.679. The number of nitrogens with one attached hydrogen (secondary N) is 1. The zero-order valence-corrected chi connectivity index (χ0v) is 16.3. The minimum absolute atomic E-state index is 0.679. The molecule has 2 heterocycles. The molecule has 0 atom stereocenters. The Balaban J connectivity index is 1.54. The average molecular weight is 374 g/mol. The molecule has 0 amide bonds. The molecule has 3 aromatic rings. The highest BCUT2D eigenvalue weighted by molar-refractivity contribution is 5.65. The van der Waals surface area contributed by atoms with Crippen LogP contribution in [-0.2, 0) is 6.42 Å². The van der Waals surface area contributed by atoms with Crippen LogP contribution in [0.3, 0.4) is 0 Å². The molecule has 2 aromatic carbocycles. The van der Waals surface area contributed by atoms with Gasteiger partial charge >= 0.3 is 0 Å². The van der Waals surface area contributed by atoms with E-state index < -0.39 is 0 Å². The number of anilines is 2. The van der Waals surface area contributed by atoms with Crippen LogP contribution in [0.2, 0.25) is 0 Å². The van der Waals surface area contributed by atoms with Gasteiger partial charge in [-0.15, -0.1) is 0 Å². The molecule has 0 bridgehead atoms. The van der Waals surface area contributed by atoms with Crippen molar-refractivity contribution in [2.45, 2.75) is 19.3 Å². The van der Waals surface area contributed by atoms with Crippen molar-refractivity contribution in [3.8, 4) is 17.0 Å². The smallest absolute Gasteiger partial charge is 0.225 e. The molecule has 0 radical (unpaired) electrons. The van der Waals surface area contributed by atoms with Crippen molar-refractivity contribution >= 4 is 11.8 Å². The summed E-state index contributed by atoms with van der Waals surface area (Å²) in [5, 5.41) is 3.41. The van der Waals surface area contributed by atoms with Crippen molar-refractivity contribution in [1.29, 1.82) is 0 Å². The summed E-state index contributed by atoms with van der Waals surface area (Å²) in [4.78, 5) is 11.9. The van der Waals surface area contributed by atoms with Crippen LogP contribution in [0.1, 0.15) is 18.4 Å². The maximum Gasteiger partial charge on any atom is 0.225 e. The highest BCUT2D eigenvalue weighted by atomic mass is 16.5. The summed E-state index contributed by atoms with van der Waals surface area (Å²) in [5.41, 5.74) is 3.24. The van der Waals surface area contributed by atoms with E-state index in [0.717, 1.165) is 48.9 Å². The van der Waals surface area contributed by atoms with Crippen LogP contribution in [0.15, 0.2) is 60.7 Å². The summed E-state index contributed by atoms with van der Waals surface area (Å²) in [6.45, 7) is 2.87. The second-order valence-corrected chi connectivity index (χ2v) is 6.98. The number of nitrogens with zero attached hydrogens (tertiary/aromatic N) is 3. The second kappa shape index (κ2) is 8.74. The Kier molecular flexibility index (Phi) is 5.71. The third kappa shape index (κ3) is 4.25. The molecule has 5 heteroatoms. The van der Waals surface area contributed by atoms with Crippen LogP contribution in [0.4, 0.5) is 11.8 Å². The number of hydrogen-bond donors (Lipinski definition) is 1. The summed E-state index contributed by atoms with van der Waals surface area (Å²) in [6.07, 6.45) is 3.30. The Hall–Kier alpha value is -3.08. The lowest BCUT2D eigenvalue weighted by Gasteiger charge is -2.18. The van der Waals surface area contributed by atoms with E-state index in [0.29, 0.717) is 5.95 Å². The van der Waals surface area contributed by atoms with Gasteiger partial charge in [0.25, 0.3) is 0 Å². The highest BCUT2D eigenvalue weighted by Gasteiger charge is 2.16. The van der Waals surface area contributed by atoms with E-state index in [9.17, 15) is 0 Å². The van der Waals surface area contributed by atoms with Gasteiger partial charge in [0.15, 0.2) is 0 Å². The SMILES string of the molecule is COc1ccccc1CCNc1nc(-c2ccccc2)cc(N2CCCC2)n1. The molecule has 0 spiro atoms. The van der Waals surface area contributed by atoms with Gasteiger partial charge in [0, 0.05) is 31.3 Å². The lowest BCUT2D eigenvalue weighted by atomic mass is 10.1. The van der Waals surface area contributed by atoms with Gasteiger partial charge in [-0.1, -0.05) is 48.5 Å². The lowest BCUT2D eigenvalue weighted by Crippen LogP contribution is -2.20. The Morgan fingerprint density at radius 3 is 2.50 bits per heavy atom. The average Bonchev–Trinajstić information content (AvgIpc) is 3.30. The molecule has 0 unspecified atom stereocenters. The number of ether oxygens (including phenoxy) is 1. The molecular weight excluding hydrogens is 348 g/mol. The van der Waals surface area contributed by atoms with Gasteiger partial charge in [0.2, 0.25) is 5.95 Å². The number of hydrogen-bond acceptors (Lipinski definition) is 5. The fraction of sp³-hybridized carbons (Fsp3) is 0.304. The van der Waals surface area contributed by atoms with Gasteiger partial charge in [0.1, 0.15) is 11.6 Å². The summed E-state index contributed by atoms with van der Waals surface area (Å²) in [6, 6.07) is 20.5. The Bertz CT molecular complexity index is 907. The molecule has 1 aliphatic heterocycles. The van der Waals surface area contributed by atoms with Crippen molar-refractivity contribution < 1.29 is 4.74 Å². The number of methoxy groups -OCH3 is 1. The van der Waals surface area contributed by atoms with Crippen molar-refractivity contribution in [3.05, 3.63) is 66.2 Å². The van der Waals surface area contributed by atoms with Crippen molar-refractivity contribution in [3.63, 3.8) is 0 Å². The zero-order chi connectivity index (χ0) is 19.2. The zero-order valence-electron chi connectivity index (χ0n) is 16.3. The van der Waals surface area contributed by atoms with Gasteiger partial charge in [-0.3, -0.25) is 0 Å². The highest BCUT2D eigenvalue weighted by Crippen LogP contribution is 2.26. The summed E-state index contributed by atoms with van der Waals surface area (Å²) >= 11 is 0. The first kappa shape index (κ1) is 18.3. The molecule has 0 aliphatic carbocycles. The van der Waals surface area contributed by atoms with E-state index in [1.165, 1.54) is 18.4 Å². The van der Waals surface area contributed by atoms with E-state index in [2.05, 4.69) is 34.5 Å². The molecule has 1 N–H and O–H groups in total. The molecule has 1 aromatic heterocycles. The van der Waals surface area contributed by atoms with E-state index in [4.69, 9.17) is 14.7 Å². The van der Waals surface area contributed by atoms with Gasteiger partial charge in [0.05, 0.1) is 12.8 Å². The van der Waals surface area contributed by atoms with E-state index in [1.807, 2.05) is 36.4 Å². The predicted octanol–water partition coefficient (Wildman–Crippen LogP) is 4.41. The maximum absolute atomic E-state index is 5.45. The third-order valence-corrected chi connectivity index (χ3v) is 5.08. The van der Waals surface area contributed by atoms with E-state index >= 15 is 0 Å². The molecule has 5 nitrogen and oxygen atoms in total. The molecule has 28 heavy (non-hydrogen) atoms. The third-order valence-electron chi connectivity index (χ3n) is 5.08. The molecule has 144 valence electrons. The second-order valence-electron chi connectivity index (χ2n) is 6.98. The van der Waals surface area contributed by atoms with Gasteiger partial charge in [-0.05, 0) is 30.9 Å². The molecule has 1 aliphatic rings. The molecule has 1 fully saturated rings. The standard InChI is InChI=1S/C23H26N4O/c1-28-21-12-6-5-11-19(21)13-14-24-23-25-20(18-9-3-2-4-10-18)17-22(26-23)27-15-7-8-16-27/h2-6,9-12,17H,7-8,13-16H2,1H3,(H,24,25,26). The fourth-order valence-corrected chi connectivity index (χ4v) is 3.60. The molecule has 0 saturated carbocycles. The Labute approximate surface area is 166 Å². The number of benzene rings is 2. The van der Waals surface area contributed by atoms with Crippen LogP contribution in [0, 0.1) is 0 Å². The van der Waals surface area contributed by atoms with Crippen LogP contribution < -0.4 is 15.0 Å². The molecule has 4 rings (SSSR count). The van der Waals surface area contributed by atoms with Gasteiger partial charge < -0.3 is 15.0 Å². The summed E-state index contributed by atoms with van der Waals surface area (Å²) in [5.74, 6) is 2.60. The molecule has 1 saturated heterocycles. The largest absolute Gasteiger partial charge is 0.496 e. The van der Waals surface area contributed by atoms with Gasteiger partial charge in [-0.25, -0.2) is 4.98 Å². The minimum Gasteiger partial charge on any atom is -0.496 e. The Morgan fingerprint density at radius 1 is 0.964 bits per heavy atom. The monoisotopic (exact) mass is 374 g/mol.